The van der Waals surface area contributed by atoms with Crippen molar-refractivity contribution in [2.45, 2.75) is 32.6 Å². The zero-order valence-electron chi connectivity index (χ0n) is 22.1. The van der Waals surface area contributed by atoms with Crippen molar-refractivity contribution in [2.75, 3.05) is 11.5 Å². The van der Waals surface area contributed by atoms with E-state index in [1.54, 1.807) is 25.1 Å². The predicted molar refractivity (Wildman–Crippen MR) is 151 cm³/mol. The number of rotatable bonds is 7. The standard InChI is InChI=1S/C29H22N2O10S/c1-2-40-29(37)23-16-9-4-6-13-21(16)42-26(23)30(24(32)18-14-15-8-3-5-12-20(15)41-28(18)36)25(33)22-17(27(34)35)10-7-11-19(22)31(38)39/h3,5,7-8,10-12,14H,2,4,6,9,13H2,1H3,(H,34,35). The smallest absolute Gasteiger partial charge is 0.349 e. The molecule has 0 radical (unpaired) electrons. The van der Waals surface area contributed by atoms with E-state index in [0.717, 1.165) is 42.4 Å². The summed E-state index contributed by atoms with van der Waals surface area (Å²) in [7, 11) is 0. The van der Waals surface area contributed by atoms with Crippen molar-refractivity contribution in [1.29, 1.82) is 0 Å². The molecule has 2 aromatic heterocycles. The average Bonchev–Trinajstić information content (AvgIpc) is 3.35. The molecule has 0 bridgehead atoms. The van der Waals surface area contributed by atoms with Gasteiger partial charge in [0.1, 0.15) is 21.7 Å². The second-order valence-electron chi connectivity index (χ2n) is 9.30. The lowest BCUT2D eigenvalue weighted by Crippen LogP contribution is -2.40. The third-order valence-electron chi connectivity index (χ3n) is 6.80. The highest BCUT2D eigenvalue weighted by Crippen LogP contribution is 2.42. The van der Waals surface area contributed by atoms with Gasteiger partial charge in [-0.1, -0.05) is 24.3 Å². The second kappa shape index (κ2) is 11.4. The number of carboxylic acids is 1. The Balaban J connectivity index is 1.82. The highest BCUT2D eigenvalue weighted by Gasteiger charge is 2.40. The molecule has 0 unspecified atom stereocenters. The number of ether oxygens (including phenoxy) is 1. The topological polar surface area (TPSA) is 174 Å². The third-order valence-corrected chi connectivity index (χ3v) is 8.07. The Labute approximate surface area is 240 Å². The number of nitro groups is 1. The molecule has 1 aliphatic rings. The van der Waals surface area contributed by atoms with Crippen LogP contribution in [-0.4, -0.2) is 40.4 Å². The van der Waals surface area contributed by atoms with Crippen molar-refractivity contribution in [1.82, 2.24) is 0 Å². The number of imide groups is 1. The number of aromatic carboxylic acids is 1. The van der Waals surface area contributed by atoms with Crippen LogP contribution in [0.4, 0.5) is 10.7 Å². The molecule has 2 aromatic carbocycles. The van der Waals surface area contributed by atoms with Crippen molar-refractivity contribution >= 4 is 56.7 Å². The fourth-order valence-electron chi connectivity index (χ4n) is 4.94. The van der Waals surface area contributed by atoms with Crippen LogP contribution < -0.4 is 10.5 Å². The van der Waals surface area contributed by atoms with Crippen LogP contribution in [0, 0.1) is 10.1 Å². The van der Waals surface area contributed by atoms with E-state index < -0.39 is 56.7 Å². The third kappa shape index (κ3) is 4.94. The maximum absolute atomic E-state index is 14.3. The fourth-order valence-corrected chi connectivity index (χ4v) is 6.31. The molecule has 0 saturated carbocycles. The van der Waals surface area contributed by atoms with Crippen molar-refractivity contribution in [2.24, 2.45) is 0 Å². The number of hydrogen-bond donors (Lipinski definition) is 1. The molecule has 0 fully saturated rings. The van der Waals surface area contributed by atoms with Crippen molar-refractivity contribution in [3.8, 4) is 0 Å². The number of aryl methyl sites for hydroxylation is 1. The molecule has 4 aromatic rings. The normalized spacial score (nSPS) is 12.4. The number of fused-ring (bicyclic) bond motifs is 2. The summed E-state index contributed by atoms with van der Waals surface area (Å²) in [6.07, 6.45) is 2.48. The van der Waals surface area contributed by atoms with Gasteiger partial charge in [-0.15, -0.1) is 11.3 Å². The number of carbonyl (C=O) groups excluding carboxylic acids is 3. The zero-order chi connectivity index (χ0) is 30.1. The van der Waals surface area contributed by atoms with Crippen LogP contribution in [0.3, 0.4) is 0 Å². The van der Waals surface area contributed by atoms with Gasteiger partial charge in [0.05, 0.1) is 22.7 Å². The molecular formula is C29H22N2O10S. The molecule has 42 heavy (non-hydrogen) atoms. The Morgan fingerprint density at radius 1 is 1.02 bits per heavy atom. The summed E-state index contributed by atoms with van der Waals surface area (Å²) < 4.78 is 10.6. The van der Waals surface area contributed by atoms with Gasteiger partial charge < -0.3 is 14.3 Å². The molecule has 13 heteroatoms. The Hall–Kier alpha value is -5.17. The van der Waals surface area contributed by atoms with E-state index in [1.807, 2.05) is 0 Å². The predicted octanol–water partition coefficient (Wildman–Crippen LogP) is 5.00. The monoisotopic (exact) mass is 590 g/mol. The highest BCUT2D eigenvalue weighted by atomic mass is 32.1. The Morgan fingerprint density at radius 2 is 1.76 bits per heavy atom. The number of anilines is 1. The van der Waals surface area contributed by atoms with Gasteiger partial charge in [-0.2, -0.15) is 0 Å². The molecule has 0 saturated heterocycles. The summed E-state index contributed by atoms with van der Waals surface area (Å²) in [6.45, 7) is 1.56. The first kappa shape index (κ1) is 28.4. The van der Waals surface area contributed by atoms with E-state index in [0.29, 0.717) is 33.6 Å². The van der Waals surface area contributed by atoms with Gasteiger partial charge in [-0.05, 0) is 56.4 Å². The number of benzene rings is 2. The summed E-state index contributed by atoms with van der Waals surface area (Å²) >= 11 is 0.942. The highest BCUT2D eigenvalue weighted by molar-refractivity contribution is 7.17. The molecular weight excluding hydrogens is 568 g/mol. The van der Waals surface area contributed by atoms with Gasteiger partial charge >= 0.3 is 17.6 Å². The van der Waals surface area contributed by atoms with E-state index in [1.165, 1.54) is 12.1 Å². The molecule has 1 aliphatic carbocycles. The van der Waals surface area contributed by atoms with Gasteiger partial charge in [0, 0.05) is 16.3 Å². The minimum Gasteiger partial charge on any atom is -0.478 e. The van der Waals surface area contributed by atoms with Crippen molar-refractivity contribution in [3.63, 3.8) is 0 Å². The molecule has 5 rings (SSSR count). The van der Waals surface area contributed by atoms with Crippen LogP contribution in [0.1, 0.15) is 71.6 Å². The number of amides is 2. The lowest BCUT2D eigenvalue weighted by atomic mass is 9.95. The first-order chi connectivity index (χ1) is 20.1. The number of nitro benzene ring substituents is 1. The molecule has 0 atom stereocenters. The van der Waals surface area contributed by atoms with E-state index in [-0.39, 0.29) is 22.8 Å². The zero-order valence-corrected chi connectivity index (χ0v) is 22.9. The number of hydrogen-bond acceptors (Lipinski definition) is 10. The van der Waals surface area contributed by atoms with E-state index in [9.17, 15) is 39.2 Å². The van der Waals surface area contributed by atoms with Crippen LogP contribution >= 0.6 is 11.3 Å². The summed E-state index contributed by atoms with van der Waals surface area (Å²) in [5.41, 5.74) is -3.55. The van der Waals surface area contributed by atoms with E-state index in [4.69, 9.17) is 9.15 Å². The van der Waals surface area contributed by atoms with Crippen molar-refractivity contribution in [3.05, 3.63) is 102 Å². The first-order valence-corrected chi connectivity index (χ1v) is 13.7. The number of carbonyl (C=O) groups is 4. The number of nitrogens with zero attached hydrogens (tertiary/aromatic N) is 2. The molecule has 0 spiro atoms. The molecule has 12 nitrogen and oxygen atoms in total. The quantitative estimate of drug-likeness (QED) is 0.101. The number of carboxylic acid groups (broad SMARTS) is 1. The number of para-hydroxylation sites is 1. The molecule has 214 valence electrons. The fraction of sp³-hybridized carbons (Fsp3) is 0.207. The summed E-state index contributed by atoms with van der Waals surface area (Å²) in [4.78, 5) is 79.1. The van der Waals surface area contributed by atoms with Crippen LogP contribution in [0.15, 0.2) is 57.7 Å². The van der Waals surface area contributed by atoms with Crippen LogP contribution in [0.5, 0.6) is 0 Å². The minimum atomic E-state index is -1.66. The Morgan fingerprint density at radius 3 is 2.48 bits per heavy atom. The van der Waals surface area contributed by atoms with Crippen molar-refractivity contribution < 1.29 is 38.4 Å². The summed E-state index contributed by atoms with van der Waals surface area (Å²) in [5.74, 6) is -5.14. The Kier molecular flexibility index (Phi) is 7.68. The minimum absolute atomic E-state index is 0.0215. The summed E-state index contributed by atoms with van der Waals surface area (Å²) in [5, 5.41) is 21.9. The molecule has 2 heterocycles. The lowest BCUT2D eigenvalue weighted by Gasteiger charge is -2.21. The van der Waals surface area contributed by atoms with Crippen LogP contribution in [-0.2, 0) is 17.6 Å². The van der Waals surface area contributed by atoms with Gasteiger partial charge in [0.25, 0.3) is 17.5 Å². The van der Waals surface area contributed by atoms with Gasteiger partial charge in [-0.3, -0.25) is 19.7 Å². The van der Waals surface area contributed by atoms with E-state index in [2.05, 4.69) is 0 Å². The van der Waals surface area contributed by atoms with Crippen LogP contribution in [0.25, 0.3) is 11.0 Å². The largest absolute Gasteiger partial charge is 0.478 e. The molecule has 1 N–H and O–H groups in total. The lowest BCUT2D eigenvalue weighted by molar-refractivity contribution is -0.385. The maximum Gasteiger partial charge on any atom is 0.349 e. The maximum atomic E-state index is 14.3. The molecule has 2 amide bonds. The summed E-state index contributed by atoms with van der Waals surface area (Å²) in [6, 6.07) is 10.5. The number of esters is 1. The average molecular weight is 591 g/mol. The first-order valence-electron chi connectivity index (χ1n) is 12.9. The Bertz CT molecular complexity index is 1820. The van der Waals surface area contributed by atoms with E-state index >= 15 is 0 Å². The molecule has 0 aliphatic heterocycles. The van der Waals surface area contributed by atoms with Gasteiger partial charge in [0.2, 0.25) is 0 Å². The van der Waals surface area contributed by atoms with Gasteiger partial charge in [0.15, 0.2) is 0 Å². The van der Waals surface area contributed by atoms with Gasteiger partial charge in [-0.25, -0.2) is 19.3 Å². The number of thiophene rings is 1. The SMILES string of the molecule is CCOC(=O)c1c(N(C(=O)c2c(C(=O)O)cccc2[N+](=O)[O-])C(=O)c2cc3ccccc3oc2=O)sc2c1CCCC2. The second-order valence-corrected chi connectivity index (χ2v) is 10.4. The van der Waals surface area contributed by atoms with Crippen LogP contribution in [0.2, 0.25) is 0 Å².